The van der Waals surface area contributed by atoms with Crippen LogP contribution in [0.2, 0.25) is 0 Å². The van der Waals surface area contributed by atoms with Crippen molar-refractivity contribution in [1.82, 2.24) is 14.9 Å². The van der Waals surface area contributed by atoms with Crippen LogP contribution in [0.5, 0.6) is 0 Å². The average Bonchev–Trinajstić information content (AvgIpc) is 2.75. The van der Waals surface area contributed by atoms with Crippen molar-refractivity contribution in [1.29, 1.82) is 0 Å². The molecule has 26 heavy (non-hydrogen) atoms. The van der Waals surface area contributed by atoms with Gasteiger partial charge in [-0.05, 0) is 19.1 Å². The summed E-state index contributed by atoms with van der Waals surface area (Å²) < 4.78 is 0. The summed E-state index contributed by atoms with van der Waals surface area (Å²) in [5.41, 5.74) is 1.37. The van der Waals surface area contributed by atoms with E-state index in [1.807, 2.05) is 6.92 Å². The van der Waals surface area contributed by atoms with Gasteiger partial charge in [0, 0.05) is 31.9 Å². The minimum absolute atomic E-state index is 0.137. The van der Waals surface area contributed by atoms with Crippen molar-refractivity contribution in [3.63, 3.8) is 0 Å². The van der Waals surface area contributed by atoms with Gasteiger partial charge in [0.25, 0.3) is 5.91 Å². The predicted octanol–water partition coefficient (Wildman–Crippen LogP) is 1.31. The van der Waals surface area contributed by atoms with E-state index in [9.17, 15) is 14.4 Å². The van der Waals surface area contributed by atoms with Crippen LogP contribution in [-0.2, 0) is 9.59 Å². The maximum absolute atomic E-state index is 12.9. The number of hydrogen-bond acceptors (Lipinski definition) is 5. The quantitative estimate of drug-likeness (QED) is 0.898. The number of carbonyl (C=O) groups excluding carboxylic acids is 3. The van der Waals surface area contributed by atoms with Gasteiger partial charge in [0.2, 0.25) is 11.8 Å². The monoisotopic (exact) mass is 353 g/mol. The van der Waals surface area contributed by atoms with Crippen LogP contribution in [0.3, 0.4) is 0 Å². The van der Waals surface area contributed by atoms with Gasteiger partial charge in [-0.2, -0.15) is 0 Å². The van der Waals surface area contributed by atoms with E-state index < -0.39 is 5.91 Å². The molecule has 0 unspecified atom stereocenters. The van der Waals surface area contributed by atoms with Crippen molar-refractivity contribution in [2.45, 2.75) is 19.4 Å². The number of aromatic nitrogens is 2. The Morgan fingerprint density at radius 1 is 1.31 bits per heavy atom. The van der Waals surface area contributed by atoms with Crippen LogP contribution in [-0.4, -0.2) is 52.2 Å². The summed E-state index contributed by atoms with van der Waals surface area (Å²) in [6.07, 6.45) is 4.44. The van der Waals surface area contributed by atoms with E-state index in [-0.39, 0.29) is 36.5 Å². The number of anilines is 2. The highest BCUT2D eigenvalue weighted by molar-refractivity contribution is 6.06. The standard InChI is InChI=1S/C18H19N5O3/c1-12-9-16(24)21-13-5-3-4-6-15(13)23(12)17(25)11-22(2)18(26)14-10-19-7-8-20-14/h3-8,10,12H,9,11H2,1-2H3,(H,21,24)/t12-/m1/s1. The van der Waals surface area contributed by atoms with Gasteiger partial charge in [-0.1, -0.05) is 12.1 Å². The van der Waals surface area contributed by atoms with Crippen LogP contribution in [0.15, 0.2) is 42.9 Å². The van der Waals surface area contributed by atoms with Gasteiger partial charge in [0.15, 0.2) is 0 Å². The molecule has 1 aromatic carbocycles. The van der Waals surface area contributed by atoms with E-state index in [2.05, 4.69) is 15.3 Å². The molecule has 1 aliphatic heterocycles. The van der Waals surface area contributed by atoms with Gasteiger partial charge in [0.1, 0.15) is 12.2 Å². The minimum atomic E-state index is -0.392. The molecule has 1 atom stereocenters. The molecule has 8 heteroatoms. The van der Waals surface area contributed by atoms with E-state index in [0.29, 0.717) is 11.4 Å². The maximum Gasteiger partial charge on any atom is 0.274 e. The number of carbonyl (C=O) groups is 3. The van der Waals surface area contributed by atoms with Crippen LogP contribution in [0.4, 0.5) is 11.4 Å². The lowest BCUT2D eigenvalue weighted by atomic mass is 10.1. The van der Waals surface area contributed by atoms with Gasteiger partial charge in [-0.15, -0.1) is 0 Å². The fourth-order valence-electron chi connectivity index (χ4n) is 2.92. The lowest BCUT2D eigenvalue weighted by Crippen LogP contribution is -2.45. The third-order valence-corrected chi connectivity index (χ3v) is 4.13. The molecule has 2 aromatic rings. The topological polar surface area (TPSA) is 95.5 Å². The Morgan fingerprint density at radius 3 is 2.81 bits per heavy atom. The van der Waals surface area contributed by atoms with E-state index in [1.54, 1.807) is 29.2 Å². The Bertz CT molecular complexity index is 840. The zero-order valence-electron chi connectivity index (χ0n) is 14.5. The summed E-state index contributed by atoms with van der Waals surface area (Å²) in [7, 11) is 1.53. The first-order valence-electron chi connectivity index (χ1n) is 8.20. The van der Waals surface area contributed by atoms with Gasteiger partial charge >= 0.3 is 0 Å². The van der Waals surface area contributed by atoms with E-state index in [4.69, 9.17) is 0 Å². The molecule has 0 fully saturated rings. The summed E-state index contributed by atoms with van der Waals surface area (Å²) in [5, 5.41) is 2.81. The largest absolute Gasteiger partial charge is 0.331 e. The first-order valence-corrected chi connectivity index (χ1v) is 8.20. The van der Waals surface area contributed by atoms with Crippen LogP contribution < -0.4 is 10.2 Å². The molecule has 1 aromatic heterocycles. The molecule has 3 rings (SSSR count). The van der Waals surface area contributed by atoms with Crippen molar-refractivity contribution >= 4 is 29.1 Å². The second kappa shape index (κ2) is 7.30. The number of likely N-dealkylation sites (N-methyl/N-ethyl adjacent to an activating group) is 1. The number of nitrogens with one attached hydrogen (secondary N) is 1. The Balaban J connectivity index is 1.82. The van der Waals surface area contributed by atoms with Crippen molar-refractivity contribution in [2.75, 3.05) is 23.8 Å². The molecule has 2 heterocycles. The fraction of sp³-hybridized carbons (Fsp3) is 0.278. The number of nitrogens with zero attached hydrogens (tertiary/aromatic N) is 4. The van der Waals surface area contributed by atoms with Crippen LogP contribution in [0, 0.1) is 0 Å². The molecular formula is C18H19N5O3. The molecule has 0 saturated heterocycles. The SMILES string of the molecule is C[C@@H]1CC(=O)Nc2ccccc2N1C(=O)CN(C)C(=O)c1cnccn1. The summed E-state index contributed by atoms with van der Waals surface area (Å²) in [5.74, 6) is -0.818. The van der Waals surface area contributed by atoms with E-state index >= 15 is 0 Å². The molecule has 1 N–H and O–H groups in total. The minimum Gasteiger partial charge on any atom is -0.331 e. The van der Waals surface area contributed by atoms with E-state index in [1.165, 1.54) is 30.5 Å². The van der Waals surface area contributed by atoms with Crippen LogP contribution in [0.1, 0.15) is 23.8 Å². The smallest absolute Gasteiger partial charge is 0.274 e. The molecule has 3 amide bonds. The van der Waals surface area contributed by atoms with Crippen molar-refractivity contribution in [3.05, 3.63) is 48.5 Å². The Hall–Kier alpha value is -3.29. The lowest BCUT2D eigenvalue weighted by Gasteiger charge is -2.29. The number of hydrogen-bond donors (Lipinski definition) is 1. The summed E-state index contributed by atoms with van der Waals surface area (Å²) >= 11 is 0. The molecule has 0 radical (unpaired) electrons. The number of rotatable bonds is 3. The summed E-state index contributed by atoms with van der Waals surface area (Å²) in [6.45, 7) is 1.67. The lowest BCUT2D eigenvalue weighted by molar-refractivity contribution is -0.119. The van der Waals surface area contributed by atoms with Crippen LogP contribution in [0.25, 0.3) is 0 Å². The van der Waals surface area contributed by atoms with Gasteiger partial charge < -0.3 is 15.1 Å². The van der Waals surface area contributed by atoms with Crippen LogP contribution >= 0.6 is 0 Å². The second-order valence-electron chi connectivity index (χ2n) is 6.13. The normalized spacial score (nSPS) is 16.3. The van der Waals surface area contributed by atoms with Gasteiger partial charge in [-0.25, -0.2) is 4.98 Å². The molecule has 8 nitrogen and oxygen atoms in total. The fourth-order valence-corrected chi connectivity index (χ4v) is 2.92. The Labute approximate surface area is 150 Å². The zero-order chi connectivity index (χ0) is 18.7. The van der Waals surface area contributed by atoms with Gasteiger partial charge in [0.05, 0.1) is 17.6 Å². The Kier molecular flexibility index (Phi) is 4.92. The maximum atomic E-state index is 12.9. The summed E-state index contributed by atoms with van der Waals surface area (Å²) in [6, 6.07) is 6.80. The zero-order valence-corrected chi connectivity index (χ0v) is 14.5. The number of amides is 3. The second-order valence-corrected chi connectivity index (χ2v) is 6.13. The predicted molar refractivity (Wildman–Crippen MR) is 95.6 cm³/mol. The third-order valence-electron chi connectivity index (χ3n) is 4.13. The van der Waals surface area contributed by atoms with Crippen molar-refractivity contribution in [3.8, 4) is 0 Å². The number of benzene rings is 1. The Morgan fingerprint density at radius 2 is 2.08 bits per heavy atom. The van der Waals surface area contributed by atoms with Crippen molar-refractivity contribution < 1.29 is 14.4 Å². The highest BCUT2D eigenvalue weighted by Crippen LogP contribution is 2.31. The third kappa shape index (κ3) is 3.53. The number of para-hydroxylation sites is 2. The molecule has 0 spiro atoms. The number of fused-ring (bicyclic) bond motifs is 1. The molecule has 0 saturated carbocycles. The van der Waals surface area contributed by atoms with Gasteiger partial charge in [-0.3, -0.25) is 19.4 Å². The molecule has 0 aliphatic carbocycles. The molecule has 1 aliphatic rings. The first kappa shape index (κ1) is 17.5. The highest BCUT2D eigenvalue weighted by Gasteiger charge is 2.30. The first-order chi connectivity index (χ1) is 12.5. The van der Waals surface area contributed by atoms with Crippen molar-refractivity contribution in [2.24, 2.45) is 0 Å². The average molecular weight is 353 g/mol. The van der Waals surface area contributed by atoms with E-state index in [0.717, 1.165) is 0 Å². The molecular weight excluding hydrogens is 334 g/mol. The molecule has 134 valence electrons. The molecule has 0 bridgehead atoms. The highest BCUT2D eigenvalue weighted by atomic mass is 16.2. The summed E-state index contributed by atoms with van der Waals surface area (Å²) in [4.78, 5) is 48.0.